The molecule has 0 bridgehead atoms. The molecule has 0 saturated heterocycles. The fourth-order valence-electron chi connectivity index (χ4n) is 1.64. The fraction of sp³-hybridized carbons (Fsp3) is 0.429. The highest BCUT2D eigenvalue weighted by atomic mass is 35.5. The number of nitrogens with one attached hydrogen (secondary N) is 2. The number of carbonyl (C=O) groups is 3. The topological polar surface area (TPSA) is 123 Å². The number of primary amides is 1. The summed E-state index contributed by atoms with van der Waals surface area (Å²) in [5.74, 6) is -0.382. The van der Waals surface area contributed by atoms with E-state index in [0.717, 1.165) is 0 Å². The quantitative estimate of drug-likeness (QED) is 0.591. The zero-order valence-electron chi connectivity index (χ0n) is 13.2. The number of aromatic nitrogens is 1. The van der Waals surface area contributed by atoms with Gasteiger partial charge in [0.2, 0.25) is 0 Å². The Morgan fingerprint density at radius 2 is 2.12 bits per heavy atom. The van der Waals surface area contributed by atoms with E-state index in [1.165, 1.54) is 30.9 Å². The van der Waals surface area contributed by atoms with Crippen molar-refractivity contribution in [1.82, 2.24) is 10.3 Å². The van der Waals surface area contributed by atoms with E-state index in [-0.39, 0.29) is 5.82 Å². The first-order valence-corrected chi connectivity index (χ1v) is 8.78. The number of nitrogens with zero attached hydrogens (tertiary/aromatic N) is 1. The van der Waals surface area contributed by atoms with Crippen molar-refractivity contribution in [2.45, 2.75) is 25.5 Å². The van der Waals surface area contributed by atoms with Crippen molar-refractivity contribution in [2.75, 3.05) is 17.3 Å². The minimum atomic E-state index is -1.07. The normalized spacial score (nSPS) is 12.8. The van der Waals surface area contributed by atoms with Gasteiger partial charge in [-0.05, 0) is 37.5 Å². The number of amides is 3. The first kappa shape index (κ1) is 20.0. The van der Waals surface area contributed by atoms with E-state index < -0.39 is 30.1 Å². The molecule has 1 heterocycles. The highest BCUT2D eigenvalue weighted by Crippen LogP contribution is 2.11. The van der Waals surface area contributed by atoms with Crippen LogP contribution in [-0.2, 0) is 14.3 Å². The number of carbonyl (C=O) groups excluding carboxylic acids is 3. The molecule has 0 unspecified atom stereocenters. The molecule has 0 spiro atoms. The van der Waals surface area contributed by atoms with E-state index >= 15 is 0 Å². The Bertz CT molecular complexity index is 585. The summed E-state index contributed by atoms with van der Waals surface area (Å²) in [6.45, 7) is 1.42. The summed E-state index contributed by atoms with van der Waals surface area (Å²) in [5, 5.41) is 5.23. The number of nitrogens with two attached hydrogens (primary N) is 1. The Morgan fingerprint density at radius 3 is 2.67 bits per heavy atom. The second-order valence-corrected chi connectivity index (χ2v) is 6.19. The number of pyridine rings is 1. The van der Waals surface area contributed by atoms with Crippen LogP contribution in [0.5, 0.6) is 0 Å². The molecule has 0 fully saturated rings. The Morgan fingerprint density at radius 1 is 1.42 bits per heavy atom. The number of rotatable bonds is 8. The third kappa shape index (κ3) is 7.05. The molecular weight excluding hydrogens is 356 g/mol. The molecule has 1 rings (SSSR count). The monoisotopic (exact) mass is 374 g/mol. The maximum Gasteiger partial charge on any atom is 0.329 e. The molecule has 24 heavy (non-hydrogen) atoms. The van der Waals surface area contributed by atoms with Gasteiger partial charge in [-0.1, -0.05) is 11.6 Å². The Kier molecular flexibility index (Phi) is 8.34. The summed E-state index contributed by atoms with van der Waals surface area (Å²) in [5.41, 5.74) is 5.04. The van der Waals surface area contributed by atoms with Crippen LogP contribution in [0.15, 0.2) is 18.3 Å². The molecule has 132 valence electrons. The molecule has 0 aromatic carbocycles. The number of halogens is 1. The maximum atomic E-state index is 12.1. The lowest BCUT2D eigenvalue weighted by Gasteiger charge is -2.19. The predicted molar refractivity (Wildman–Crippen MR) is 92.9 cm³/mol. The number of thioether (sulfide) groups is 1. The van der Waals surface area contributed by atoms with E-state index in [1.807, 2.05) is 6.26 Å². The van der Waals surface area contributed by atoms with E-state index in [4.69, 9.17) is 22.1 Å². The SMILES string of the molecule is CSCC[C@@H](NC(N)=O)C(=O)O[C@H](C)C(=O)Nc1ccc(Cl)cn1. The average molecular weight is 375 g/mol. The van der Waals surface area contributed by atoms with Gasteiger partial charge in [-0.3, -0.25) is 4.79 Å². The molecule has 0 radical (unpaired) electrons. The predicted octanol–water partition coefficient (Wildman–Crippen LogP) is 1.40. The van der Waals surface area contributed by atoms with Gasteiger partial charge in [0.15, 0.2) is 6.10 Å². The van der Waals surface area contributed by atoms with Crippen LogP contribution in [-0.4, -0.2) is 47.0 Å². The summed E-state index contributed by atoms with van der Waals surface area (Å²) in [7, 11) is 0. The van der Waals surface area contributed by atoms with Crippen molar-refractivity contribution in [3.63, 3.8) is 0 Å². The first-order chi connectivity index (χ1) is 11.3. The largest absolute Gasteiger partial charge is 0.451 e. The van der Waals surface area contributed by atoms with E-state index in [9.17, 15) is 14.4 Å². The van der Waals surface area contributed by atoms with Crippen LogP contribution in [0.25, 0.3) is 0 Å². The maximum absolute atomic E-state index is 12.1. The zero-order chi connectivity index (χ0) is 18.1. The standard InChI is InChI=1S/C14H19ClN4O4S/c1-8(12(20)19-11-4-3-9(15)7-17-11)23-13(21)10(5-6-24-2)18-14(16)22/h3-4,7-8,10H,5-6H2,1-2H3,(H3,16,18,22)(H,17,19,20)/t8-,10-/m1/s1. The Labute approximate surface area is 148 Å². The van der Waals surface area contributed by atoms with Crippen molar-refractivity contribution in [2.24, 2.45) is 5.73 Å². The highest BCUT2D eigenvalue weighted by Gasteiger charge is 2.25. The lowest BCUT2D eigenvalue weighted by Crippen LogP contribution is -2.46. The summed E-state index contributed by atoms with van der Waals surface area (Å²) in [6, 6.07) is 1.35. The van der Waals surface area contributed by atoms with Crippen LogP contribution >= 0.6 is 23.4 Å². The first-order valence-electron chi connectivity index (χ1n) is 7.01. The molecule has 1 aromatic heterocycles. The molecule has 10 heteroatoms. The van der Waals surface area contributed by atoms with Crippen LogP contribution in [0, 0.1) is 0 Å². The van der Waals surface area contributed by atoms with Crippen LogP contribution < -0.4 is 16.4 Å². The van der Waals surface area contributed by atoms with Crippen LogP contribution in [0.1, 0.15) is 13.3 Å². The van der Waals surface area contributed by atoms with Gasteiger partial charge in [-0.15, -0.1) is 0 Å². The number of hydrogen-bond donors (Lipinski definition) is 3. The Hall–Kier alpha value is -2.00. The van der Waals surface area contributed by atoms with Gasteiger partial charge >= 0.3 is 12.0 Å². The molecular formula is C14H19ClN4O4S. The third-order valence-corrected chi connectivity index (χ3v) is 3.72. The van der Waals surface area contributed by atoms with Gasteiger partial charge in [0.1, 0.15) is 11.9 Å². The molecule has 3 amide bonds. The average Bonchev–Trinajstić information content (AvgIpc) is 2.53. The molecule has 0 aliphatic carbocycles. The second kappa shape index (κ2) is 9.99. The summed E-state index contributed by atoms with van der Waals surface area (Å²) in [6.07, 6.45) is 2.52. The smallest absolute Gasteiger partial charge is 0.329 e. The fourth-order valence-corrected chi connectivity index (χ4v) is 2.23. The van der Waals surface area contributed by atoms with Crippen molar-refractivity contribution in [3.05, 3.63) is 23.4 Å². The third-order valence-electron chi connectivity index (χ3n) is 2.85. The molecule has 1 aromatic rings. The minimum Gasteiger partial charge on any atom is -0.451 e. The van der Waals surface area contributed by atoms with Crippen LogP contribution in [0.2, 0.25) is 5.02 Å². The van der Waals surface area contributed by atoms with Gasteiger partial charge in [0.05, 0.1) is 5.02 Å². The Balaban J connectivity index is 2.60. The molecule has 2 atom stereocenters. The van der Waals surface area contributed by atoms with Crippen molar-refractivity contribution in [3.8, 4) is 0 Å². The zero-order valence-corrected chi connectivity index (χ0v) is 14.8. The van der Waals surface area contributed by atoms with Gasteiger partial charge in [0, 0.05) is 6.20 Å². The van der Waals surface area contributed by atoms with Gasteiger partial charge in [-0.2, -0.15) is 11.8 Å². The minimum absolute atomic E-state index is 0.279. The van der Waals surface area contributed by atoms with E-state index in [0.29, 0.717) is 17.2 Å². The lowest BCUT2D eigenvalue weighted by molar-refractivity contribution is -0.155. The number of hydrogen-bond acceptors (Lipinski definition) is 6. The summed E-state index contributed by atoms with van der Waals surface area (Å²) >= 11 is 7.21. The molecule has 0 saturated carbocycles. The lowest BCUT2D eigenvalue weighted by atomic mass is 10.2. The molecule has 8 nitrogen and oxygen atoms in total. The van der Waals surface area contributed by atoms with Gasteiger partial charge < -0.3 is 21.1 Å². The summed E-state index contributed by atoms with van der Waals surface area (Å²) in [4.78, 5) is 39.0. The molecule has 0 aliphatic heterocycles. The number of ether oxygens (including phenoxy) is 1. The van der Waals surface area contributed by atoms with E-state index in [1.54, 1.807) is 6.07 Å². The number of esters is 1. The highest BCUT2D eigenvalue weighted by molar-refractivity contribution is 7.98. The number of urea groups is 1. The van der Waals surface area contributed by atoms with Gasteiger partial charge in [-0.25, -0.2) is 14.6 Å². The van der Waals surface area contributed by atoms with E-state index in [2.05, 4.69) is 15.6 Å². The summed E-state index contributed by atoms with van der Waals surface area (Å²) < 4.78 is 5.08. The van der Waals surface area contributed by atoms with Crippen molar-refractivity contribution < 1.29 is 19.1 Å². The second-order valence-electron chi connectivity index (χ2n) is 4.77. The van der Waals surface area contributed by atoms with Crippen LogP contribution in [0.4, 0.5) is 10.6 Å². The van der Waals surface area contributed by atoms with Gasteiger partial charge in [0.25, 0.3) is 5.91 Å². The van der Waals surface area contributed by atoms with Crippen molar-refractivity contribution in [1.29, 1.82) is 0 Å². The molecule has 0 aliphatic rings. The van der Waals surface area contributed by atoms with Crippen LogP contribution in [0.3, 0.4) is 0 Å². The van der Waals surface area contributed by atoms with Crippen molar-refractivity contribution >= 4 is 47.1 Å². The number of anilines is 1. The molecule has 4 N–H and O–H groups in total.